The summed E-state index contributed by atoms with van der Waals surface area (Å²) in [6.45, 7) is 2.49. The van der Waals surface area contributed by atoms with Crippen LogP contribution in [0.5, 0.6) is 5.75 Å². The number of rotatable bonds is 4. The van der Waals surface area contributed by atoms with Crippen molar-refractivity contribution in [2.75, 3.05) is 13.1 Å². The Morgan fingerprint density at radius 3 is 2.68 bits per heavy atom. The van der Waals surface area contributed by atoms with Crippen LogP contribution in [0, 0.1) is 0 Å². The molecular weight excluding hydrogens is 292 g/mol. The van der Waals surface area contributed by atoms with Gasteiger partial charge >= 0.3 is 0 Å². The van der Waals surface area contributed by atoms with Crippen LogP contribution >= 0.6 is 11.8 Å². The second kappa shape index (κ2) is 5.89. The fourth-order valence-corrected chi connectivity index (χ4v) is 3.57. The van der Waals surface area contributed by atoms with Crippen LogP contribution in [-0.4, -0.2) is 23.2 Å². The summed E-state index contributed by atoms with van der Waals surface area (Å²) in [7, 11) is 0. The van der Waals surface area contributed by atoms with Gasteiger partial charge in [0, 0.05) is 12.0 Å². The van der Waals surface area contributed by atoms with Gasteiger partial charge in [-0.2, -0.15) is 0 Å². The number of thioether (sulfide) groups is 1. The molecule has 0 amide bonds. The zero-order valence-corrected chi connectivity index (χ0v) is 12.9. The topological polar surface area (TPSA) is 24.8 Å². The molecule has 4 rings (SSSR count). The smallest absolute Gasteiger partial charge is 0.168 e. The Morgan fingerprint density at radius 2 is 1.86 bits per heavy atom. The zero-order valence-electron chi connectivity index (χ0n) is 12.1. The van der Waals surface area contributed by atoms with Crippen LogP contribution in [0.15, 0.2) is 65.0 Å². The molecule has 0 radical (unpaired) electrons. The van der Waals surface area contributed by atoms with Crippen LogP contribution < -0.4 is 4.74 Å². The van der Waals surface area contributed by atoms with Crippen molar-refractivity contribution in [1.29, 1.82) is 0 Å². The van der Waals surface area contributed by atoms with E-state index in [4.69, 9.17) is 4.74 Å². The zero-order chi connectivity index (χ0) is 14.8. The van der Waals surface area contributed by atoms with E-state index in [-0.39, 0.29) is 0 Å². The molecule has 0 aromatic heterocycles. The van der Waals surface area contributed by atoms with Gasteiger partial charge in [-0.05, 0) is 35.4 Å². The van der Waals surface area contributed by atoms with Crippen LogP contribution in [0.25, 0.3) is 5.70 Å². The molecule has 0 N–H and O–H groups in total. The van der Waals surface area contributed by atoms with Gasteiger partial charge in [-0.1, -0.05) is 42.1 Å². The summed E-state index contributed by atoms with van der Waals surface area (Å²) in [4.78, 5) is 6.77. The molecule has 2 heterocycles. The van der Waals surface area contributed by atoms with Gasteiger partial charge in [-0.3, -0.25) is 4.99 Å². The first-order chi connectivity index (χ1) is 10.9. The normalized spacial score (nSPS) is 16.3. The van der Waals surface area contributed by atoms with E-state index in [9.17, 15) is 0 Å². The van der Waals surface area contributed by atoms with Gasteiger partial charge < -0.3 is 9.64 Å². The van der Waals surface area contributed by atoms with Crippen molar-refractivity contribution < 1.29 is 4.74 Å². The van der Waals surface area contributed by atoms with Gasteiger partial charge in [0.2, 0.25) is 0 Å². The standard InChI is InChI=1S/C18H16N2OS/c1-2-4-14(5-3-1)12-21-16-8-6-15(7-9-16)17-13-22-18-19-10-11-20(17)18/h1-9,13H,10-12H2. The van der Waals surface area contributed by atoms with Crippen molar-refractivity contribution in [1.82, 2.24) is 4.90 Å². The molecule has 0 fully saturated rings. The second-order valence-corrected chi connectivity index (χ2v) is 6.07. The quantitative estimate of drug-likeness (QED) is 0.854. The van der Waals surface area contributed by atoms with Crippen LogP contribution in [0.4, 0.5) is 0 Å². The number of hydrogen-bond acceptors (Lipinski definition) is 4. The van der Waals surface area contributed by atoms with Crippen molar-refractivity contribution in [2.45, 2.75) is 6.61 Å². The highest BCUT2D eigenvalue weighted by Gasteiger charge is 2.26. The third-order valence-electron chi connectivity index (χ3n) is 3.77. The van der Waals surface area contributed by atoms with Crippen molar-refractivity contribution in [2.24, 2.45) is 4.99 Å². The Hall–Kier alpha value is -2.20. The van der Waals surface area contributed by atoms with Crippen molar-refractivity contribution in [3.05, 3.63) is 71.1 Å². The molecular formula is C18H16N2OS. The average molecular weight is 308 g/mol. The largest absolute Gasteiger partial charge is 0.489 e. The Kier molecular flexibility index (Phi) is 3.60. The maximum atomic E-state index is 5.83. The molecule has 110 valence electrons. The molecule has 3 nitrogen and oxygen atoms in total. The highest BCUT2D eigenvalue weighted by Crippen LogP contribution is 2.35. The van der Waals surface area contributed by atoms with Crippen LogP contribution in [0.1, 0.15) is 11.1 Å². The van der Waals surface area contributed by atoms with Gasteiger partial charge in [0.1, 0.15) is 12.4 Å². The Morgan fingerprint density at radius 1 is 1.05 bits per heavy atom. The predicted octanol–water partition coefficient (Wildman–Crippen LogP) is 3.98. The first-order valence-corrected chi connectivity index (χ1v) is 8.24. The molecule has 2 aromatic carbocycles. The second-order valence-electron chi connectivity index (χ2n) is 5.24. The molecule has 22 heavy (non-hydrogen) atoms. The van der Waals surface area contributed by atoms with E-state index in [1.54, 1.807) is 11.8 Å². The van der Waals surface area contributed by atoms with E-state index in [0.29, 0.717) is 6.61 Å². The minimum absolute atomic E-state index is 0.599. The molecule has 2 aromatic rings. The SMILES string of the molecule is C1=C(c2ccc(OCc3ccccc3)cc2)N2CCN=C2S1. The lowest BCUT2D eigenvalue weighted by molar-refractivity contribution is 0.306. The Balaban J connectivity index is 1.44. The number of benzene rings is 2. The third kappa shape index (κ3) is 2.62. The summed E-state index contributed by atoms with van der Waals surface area (Å²) in [6.07, 6.45) is 0. The highest BCUT2D eigenvalue weighted by molar-refractivity contribution is 8.16. The third-order valence-corrected chi connectivity index (χ3v) is 4.67. The molecule has 0 aliphatic carbocycles. The number of amidine groups is 1. The van der Waals surface area contributed by atoms with E-state index < -0.39 is 0 Å². The first kappa shape index (κ1) is 13.5. The lowest BCUT2D eigenvalue weighted by Gasteiger charge is -2.16. The average Bonchev–Trinajstić information content (AvgIpc) is 3.18. The monoisotopic (exact) mass is 308 g/mol. The number of aliphatic imine (C=N–C) groups is 1. The molecule has 2 aliphatic rings. The van der Waals surface area contributed by atoms with Crippen LogP contribution in [0.3, 0.4) is 0 Å². The summed E-state index contributed by atoms with van der Waals surface area (Å²) >= 11 is 1.71. The van der Waals surface area contributed by atoms with E-state index in [0.717, 1.165) is 24.0 Å². The van der Waals surface area contributed by atoms with Gasteiger partial charge in [-0.25, -0.2) is 0 Å². The molecule has 0 bridgehead atoms. The fraction of sp³-hybridized carbons (Fsp3) is 0.167. The molecule has 2 aliphatic heterocycles. The van der Waals surface area contributed by atoms with E-state index in [2.05, 4.69) is 39.6 Å². The van der Waals surface area contributed by atoms with Gasteiger partial charge in [0.15, 0.2) is 5.17 Å². The van der Waals surface area contributed by atoms with Gasteiger partial charge in [0.05, 0.1) is 12.2 Å². The first-order valence-electron chi connectivity index (χ1n) is 7.36. The minimum Gasteiger partial charge on any atom is -0.489 e. The summed E-state index contributed by atoms with van der Waals surface area (Å²) in [5, 5.41) is 3.30. The summed E-state index contributed by atoms with van der Waals surface area (Å²) in [5.41, 5.74) is 3.64. The lowest BCUT2D eigenvalue weighted by atomic mass is 10.1. The summed E-state index contributed by atoms with van der Waals surface area (Å²) in [5.74, 6) is 0.897. The molecule has 0 saturated carbocycles. The number of nitrogens with zero attached hydrogens (tertiary/aromatic N) is 2. The molecule has 4 heteroatoms. The highest BCUT2D eigenvalue weighted by atomic mass is 32.2. The number of hydrogen-bond donors (Lipinski definition) is 0. The predicted molar refractivity (Wildman–Crippen MR) is 91.8 cm³/mol. The van der Waals surface area contributed by atoms with Crippen molar-refractivity contribution in [3.8, 4) is 5.75 Å². The molecule has 0 unspecified atom stereocenters. The van der Waals surface area contributed by atoms with E-state index >= 15 is 0 Å². The number of ether oxygens (including phenoxy) is 1. The lowest BCUT2D eigenvalue weighted by Crippen LogP contribution is -2.19. The molecule has 0 spiro atoms. The summed E-state index contributed by atoms with van der Waals surface area (Å²) in [6, 6.07) is 18.5. The van der Waals surface area contributed by atoms with Crippen molar-refractivity contribution >= 4 is 22.6 Å². The van der Waals surface area contributed by atoms with E-state index in [1.807, 2.05) is 30.3 Å². The number of fused-ring (bicyclic) bond motifs is 1. The summed E-state index contributed by atoms with van der Waals surface area (Å²) < 4.78 is 5.83. The Bertz CT molecular complexity index is 723. The maximum absolute atomic E-state index is 5.83. The van der Waals surface area contributed by atoms with Gasteiger partial charge in [0.25, 0.3) is 0 Å². The molecule has 0 saturated heterocycles. The van der Waals surface area contributed by atoms with Crippen LogP contribution in [0.2, 0.25) is 0 Å². The van der Waals surface area contributed by atoms with Gasteiger partial charge in [-0.15, -0.1) is 0 Å². The van der Waals surface area contributed by atoms with Crippen LogP contribution in [-0.2, 0) is 6.61 Å². The fourth-order valence-electron chi connectivity index (χ4n) is 2.61. The Labute approximate surface area is 134 Å². The maximum Gasteiger partial charge on any atom is 0.168 e. The minimum atomic E-state index is 0.599. The van der Waals surface area contributed by atoms with E-state index in [1.165, 1.54) is 16.8 Å². The van der Waals surface area contributed by atoms with Crippen molar-refractivity contribution in [3.63, 3.8) is 0 Å². The molecule has 0 atom stereocenters.